The van der Waals surface area contributed by atoms with E-state index in [1.165, 1.54) is 7.11 Å². The van der Waals surface area contributed by atoms with Gasteiger partial charge >= 0.3 is 5.63 Å². The average Bonchev–Trinajstić information content (AvgIpc) is 2.49. The van der Waals surface area contributed by atoms with Crippen molar-refractivity contribution in [2.45, 2.75) is 32.6 Å². The molecule has 0 amide bonds. The highest BCUT2D eigenvalue weighted by atomic mass is 16.5. The number of aromatic hydroxyl groups is 1. The number of unbranched alkanes of at least 4 members (excludes halogenated alkanes) is 3. The lowest BCUT2D eigenvalue weighted by Crippen LogP contribution is -2.08. The average molecular weight is 292 g/mol. The number of fused-ring (bicyclic) bond motifs is 1. The van der Waals surface area contributed by atoms with E-state index in [-0.39, 0.29) is 17.1 Å². The Kier molecular flexibility index (Phi) is 5.09. The molecule has 5 nitrogen and oxygen atoms in total. The van der Waals surface area contributed by atoms with Crippen molar-refractivity contribution < 1.29 is 19.0 Å². The normalized spacial score (nSPS) is 10.8. The molecule has 0 aliphatic heterocycles. The minimum absolute atomic E-state index is 0.121. The highest BCUT2D eigenvalue weighted by Crippen LogP contribution is 2.33. The van der Waals surface area contributed by atoms with Crippen molar-refractivity contribution in [3.05, 3.63) is 28.6 Å². The fourth-order valence-corrected chi connectivity index (χ4v) is 2.11. The van der Waals surface area contributed by atoms with Crippen LogP contribution in [0.25, 0.3) is 11.0 Å². The first-order valence-corrected chi connectivity index (χ1v) is 7.14. The summed E-state index contributed by atoms with van der Waals surface area (Å²) in [6, 6.07) is 4.88. The van der Waals surface area contributed by atoms with Crippen LogP contribution in [-0.2, 0) is 0 Å². The van der Waals surface area contributed by atoms with E-state index in [1.54, 1.807) is 18.2 Å². The predicted octanol–water partition coefficient (Wildman–Crippen LogP) is 3.47. The van der Waals surface area contributed by atoms with Crippen LogP contribution in [0.5, 0.6) is 17.2 Å². The van der Waals surface area contributed by atoms with Gasteiger partial charge in [0.1, 0.15) is 11.3 Å². The zero-order valence-electron chi connectivity index (χ0n) is 12.3. The smallest absolute Gasteiger partial charge is 0.383 e. The Bertz CT molecular complexity index is 660. The van der Waals surface area contributed by atoms with Gasteiger partial charge in [-0.15, -0.1) is 0 Å². The molecule has 0 aliphatic rings. The summed E-state index contributed by atoms with van der Waals surface area (Å²) in [5.41, 5.74) is -0.404. The number of hydrogen-bond acceptors (Lipinski definition) is 5. The summed E-state index contributed by atoms with van der Waals surface area (Å²) < 4.78 is 15.6. The Hall–Kier alpha value is -2.17. The van der Waals surface area contributed by atoms with Gasteiger partial charge in [0.25, 0.3) is 0 Å². The number of benzene rings is 1. The van der Waals surface area contributed by atoms with Crippen LogP contribution in [0, 0.1) is 0 Å². The topological polar surface area (TPSA) is 68.9 Å². The highest BCUT2D eigenvalue weighted by molar-refractivity contribution is 5.86. The van der Waals surface area contributed by atoms with E-state index >= 15 is 0 Å². The molecule has 0 aliphatic carbocycles. The molecule has 0 bridgehead atoms. The maximum absolute atomic E-state index is 11.9. The Labute approximate surface area is 123 Å². The number of ether oxygens (including phenoxy) is 2. The standard InChI is InChI=1S/C16H20O5/c1-3-4-5-6-9-20-15-14(17)12-8-7-11(19-2)10-13(12)21-16(15)18/h7-8,10,17H,3-6,9H2,1-2H3. The lowest BCUT2D eigenvalue weighted by atomic mass is 10.2. The Morgan fingerprint density at radius 1 is 1.24 bits per heavy atom. The number of methoxy groups -OCH3 is 1. The van der Waals surface area contributed by atoms with Crippen molar-refractivity contribution in [1.29, 1.82) is 0 Å². The second kappa shape index (κ2) is 7.02. The molecule has 1 aromatic heterocycles. The van der Waals surface area contributed by atoms with E-state index in [0.717, 1.165) is 25.7 Å². The molecule has 21 heavy (non-hydrogen) atoms. The predicted molar refractivity (Wildman–Crippen MR) is 80.3 cm³/mol. The molecule has 1 heterocycles. The maximum atomic E-state index is 11.9. The van der Waals surface area contributed by atoms with Gasteiger partial charge in [-0.3, -0.25) is 0 Å². The van der Waals surface area contributed by atoms with Gasteiger partial charge in [-0.2, -0.15) is 0 Å². The summed E-state index contributed by atoms with van der Waals surface area (Å²) in [7, 11) is 1.52. The minimum Gasteiger partial charge on any atom is -0.504 e. The van der Waals surface area contributed by atoms with Gasteiger partial charge in [0.2, 0.25) is 5.75 Å². The monoisotopic (exact) mass is 292 g/mol. The largest absolute Gasteiger partial charge is 0.504 e. The molecule has 0 radical (unpaired) electrons. The zero-order valence-corrected chi connectivity index (χ0v) is 12.3. The number of hydrogen-bond donors (Lipinski definition) is 1. The second-order valence-electron chi connectivity index (χ2n) is 4.84. The van der Waals surface area contributed by atoms with E-state index in [4.69, 9.17) is 13.9 Å². The third-order valence-corrected chi connectivity index (χ3v) is 3.29. The molecular weight excluding hydrogens is 272 g/mol. The molecule has 0 saturated carbocycles. The quantitative estimate of drug-likeness (QED) is 0.625. The van der Waals surface area contributed by atoms with Crippen molar-refractivity contribution in [2.75, 3.05) is 13.7 Å². The molecule has 0 fully saturated rings. The van der Waals surface area contributed by atoms with Gasteiger partial charge in [0.05, 0.1) is 19.1 Å². The van der Waals surface area contributed by atoms with Gasteiger partial charge < -0.3 is 19.0 Å². The number of rotatable bonds is 7. The fraction of sp³-hybridized carbons (Fsp3) is 0.438. The van der Waals surface area contributed by atoms with E-state index < -0.39 is 5.63 Å². The summed E-state index contributed by atoms with van der Waals surface area (Å²) in [6.45, 7) is 2.51. The maximum Gasteiger partial charge on any atom is 0.383 e. The molecule has 1 N–H and O–H groups in total. The van der Waals surface area contributed by atoms with E-state index in [1.807, 2.05) is 0 Å². The van der Waals surface area contributed by atoms with Crippen LogP contribution >= 0.6 is 0 Å². The van der Waals surface area contributed by atoms with Crippen LogP contribution in [0.1, 0.15) is 32.6 Å². The van der Waals surface area contributed by atoms with E-state index in [9.17, 15) is 9.90 Å². The third kappa shape index (κ3) is 3.48. The highest BCUT2D eigenvalue weighted by Gasteiger charge is 2.15. The summed E-state index contributed by atoms with van der Waals surface area (Å²) in [5.74, 6) is 0.252. The Balaban J connectivity index is 2.22. The van der Waals surface area contributed by atoms with Crippen molar-refractivity contribution in [3.8, 4) is 17.2 Å². The minimum atomic E-state index is -0.677. The van der Waals surface area contributed by atoms with Crippen LogP contribution in [0.4, 0.5) is 0 Å². The molecule has 0 atom stereocenters. The second-order valence-corrected chi connectivity index (χ2v) is 4.84. The molecule has 2 aromatic rings. The summed E-state index contributed by atoms with van der Waals surface area (Å²) in [4.78, 5) is 11.9. The lowest BCUT2D eigenvalue weighted by Gasteiger charge is -2.09. The van der Waals surface area contributed by atoms with Crippen LogP contribution in [-0.4, -0.2) is 18.8 Å². The first-order chi connectivity index (χ1) is 10.2. The fourth-order valence-electron chi connectivity index (χ4n) is 2.11. The summed E-state index contributed by atoms with van der Waals surface area (Å²) in [5, 5.41) is 10.6. The molecule has 0 saturated heterocycles. The van der Waals surface area contributed by atoms with Crippen molar-refractivity contribution >= 4 is 11.0 Å². The Morgan fingerprint density at radius 3 is 2.76 bits per heavy atom. The molecule has 1 aromatic carbocycles. The van der Waals surface area contributed by atoms with Crippen molar-refractivity contribution in [3.63, 3.8) is 0 Å². The van der Waals surface area contributed by atoms with Crippen molar-refractivity contribution in [1.82, 2.24) is 0 Å². The van der Waals surface area contributed by atoms with E-state index in [0.29, 0.717) is 17.7 Å². The van der Waals surface area contributed by atoms with Gasteiger partial charge in [0, 0.05) is 6.07 Å². The van der Waals surface area contributed by atoms with Gasteiger partial charge in [-0.1, -0.05) is 26.2 Å². The molecule has 0 spiro atoms. The third-order valence-electron chi connectivity index (χ3n) is 3.29. The van der Waals surface area contributed by atoms with Crippen LogP contribution in [0.3, 0.4) is 0 Å². The van der Waals surface area contributed by atoms with Crippen molar-refractivity contribution in [2.24, 2.45) is 0 Å². The van der Waals surface area contributed by atoms with Gasteiger partial charge in [0.15, 0.2) is 5.75 Å². The van der Waals surface area contributed by atoms with Crippen LogP contribution in [0.2, 0.25) is 0 Å². The molecule has 0 unspecified atom stereocenters. The molecule has 5 heteroatoms. The Morgan fingerprint density at radius 2 is 2.05 bits per heavy atom. The van der Waals surface area contributed by atoms with Gasteiger partial charge in [-0.25, -0.2) is 4.79 Å². The van der Waals surface area contributed by atoms with E-state index in [2.05, 4.69) is 6.92 Å². The summed E-state index contributed by atoms with van der Waals surface area (Å²) in [6.07, 6.45) is 4.13. The van der Waals surface area contributed by atoms with Crippen LogP contribution in [0.15, 0.2) is 27.4 Å². The first kappa shape index (κ1) is 15.2. The summed E-state index contributed by atoms with van der Waals surface area (Å²) >= 11 is 0. The first-order valence-electron chi connectivity index (χ1n) is 7.14. The van der Waals surface area contributed by atoms with Gasteiger partial charge in [-0.05, 0) is 18.6 Å². The lowest BCUT2D eigenvalue weighted by molar-refractivity contribution is 0.276. The molecule has 114 valence electrons. The molecular formula is C16H20O5. The SMILES string of the molecule is CCCCCCOc1c(O)c2ccc(OC)cc2oc1=O. The molecule has 2 rings (SSSR count). The zero-order chi connectivity index (χ0) is 15.2. The van der Waals surface area contributed by atoms with Crippen LogP contribution < -0.4 is 15.1 Å².